The number of benzene rings is 1. The van der Waals surface area contributed by atoms with Gasteiger partial charge in [0.1, 0.15) is 0 Å². The number of hydrogen-bond donors (Lipinski definition) is 0. The van der Waals surface area contributed by atoms with Crippen molar-refractivity contribution in [3.05, 3.63) is 29.8 Å². The van der Waals surface area contributed by atoms with Gasteiger partial charge in [0.25, 0.3) is 10.1 Å². The highest BCUT2D eigenvalue weighted by atomic mass is 32.2. The zero-order valence-electron chi connectivity index (χ0n) is 13.0. The molecular weight excluding hydrogens is 284 g/mol. The number of hydrogen-bond acceptors (Lipinski definition) is 3. The summed E-state index contributed by atoms with van der Waals surface area (Å²) in [5, 5.41) is 0. The molecule has 0 unspecified atom stereocenters. The van der Waals surface area contributed by atoms with E-state index in [0.29, 0.717) is 23.9 Å². The average molecular weight is 308 g/mol. The second kappa shape index (κ2) is 5.10. The van der Waals surface area contributed by atoms with Crippen LogP contribution in [0.4, 0.5) is 0 Å². The molecule has 0 N–H and O–H groups in total. The summed E-state index contributed by atoms with van der Waals surface area (Å²) in [6.45, 7) is 6.89. The second-order valence-electron chi connectivity index (χ2n) is 7.25. The Hall–Kier alpha value is -0.870. The maximum Gasteiger partial charge on any atom is 0.296 e. The Balaban J connectivity index is 1.66. The van der Waals surface area contributed by atoms with Crippen molar-refractivity contribution in [3.8, 4) is 0 Å². The summed E-state index contributed by atoms with van der Waals surface area (Å²) in [6, 6.07) is 6.84. The smallest absolute Gasteiger partial charge is 0.266 e. The highest BCUT2D eigenvalue weighted by molar-refractivity contribution is 7.86. The standard InChI is InChI=1S/C17H24O3S/c1-12-4-8-15(9-5-12)21(18,19)20-11-13-6-7-14-10-16(13)17(14,2)3/h4-5,8-9,13-14,16H,6-7,10-11H2,1-3H3/t13-,14+,16-/m1/s1. The van der Waals surface area contributed by atoms with Crippen molar-refractivity contribution >= 4 is 10.1 Å². The van der Waals surface area contributed by atoms with Crippen LogP contribution in [0, 0.1) is 30.1 Å². The highest BCUT2D eigenvalue weighted by Gasteiger charge is 2.54. The van der Waals surface area contributed by atoms with Crippen LogP contribution in [-0.4, -0.2) is 15.0 Å². The molecule has 3 aliphatic carbocycles. The molecule has 0 saturated heterocycles. The minimum Gasteiger partial charge on any atom is -0.266 e. The average Bonchev–Trinajstić information content (AvgIpc) is 2.45. The fourth-order valence-electron chi connectivity index (χ4n) is 4.11. The zero-order chi connectivity index (χ0) is 15.3. The predicted molar refractivity (Wildman–Crippen MR) is 82.4 cm³/mol. The minimum atomic E-state index is -3.62. The Morgan fingerprint density at radius 3 is 2.43 bits per heavy atom. The molecule has 2 bridgehead atoms. The van der Waals surface area contributed by atoms with Crippen LogP contribution in [0.3, 0.4) is 0 Å². The van der Waals surface area contributed by atoms with Gasteiger partial charge in [0, 0.05) is 0 Å². The molecule has 3 nitrogen and oxygen atoms in total. The lowest BCUT2D eigenvalue weighted by Crippen LogP contribution is -2.53. The quantitative estimate of drug-likeness (QED) is 0.795. The number of fused-ring (bicyclic) bond motifs is 2. The van der Waals surface area contributed by atoms with E-state index in [9.17, 15) is 8.42 Å². The topological polar surface area (TPSA) is 43.4 Å². The van der Waals surface area contributed by atoms with E-state index in [1.54, 1.807) is 24.3 Å². The van der Waals surface area contributed by atoms with Crippen molar-refractivity contribution in [2.75, 3.05) is 6.61 Å². The summed E-state index contributed by atoms with van der Waals surface area (Å²) in [5.41, 5.74) is 1.41. The number of rotatable bonds is 4. The summed E-state index contributed by atoms with van der Waals surface area (Å²) < 4.78 is 29.8. The fraction of sp³-hybridized carbons (Fsp3) is 0.647. The molecule has 1 aromatic rings. The molecule has 3 saturated carbocycles. The van der Waals surface area contributed by atoms with E-state index in [1.807, 2.05) is 6.92 Å². The van der Waals surface area contributed by atoms with Crippen LogP contribution in [0.5, 0.6) is 0 Å². The molecule has 3 aliphatic rings. The molecule has 0 amide bonds. The Labute approximate surface area is 127 Å². The normalized spacial score (nSPS) is 30.7. The van der Waals surface area contributed by atoms with E-state index in [0.717, 1.165) is 17.9 Å². The first-order chi connectivity index (χ1) is 9.80. The van der Waals surface area contributed by atoms with Crippen LogP contribution in [0.2, 0.25) is 0 Å². The molecule has 116 valence electrons. The summed E-state index contributed by atoms with van der Waals surface area (Å²) >= 11 is 0. The lowest BCUT2D eigenvalue weighted by Gasteiger charge is -2.60. The largest absolute Gasteiger partial charge is 0.296 e. The van der Waals surface area contributed by atoms with E-state index < -0.39 is 10.1 Å². The van der Waals surface area contributed by atoms with Gasteiger partial charge in [0.05, 0.1) is 11.5 Å². The van der Waals surface area contributed by atoms with Crippen LogP contribution >= 0.6 is 0 Å². The Morgan fingerprint density at radius 2 is 1.86 bits per heavy atom. The Kier molecular flexibility index (Phi) is 3.65. The van der Waals surface area contributed by atoms with Gasteiger partial charge in [-0.3, -0.25) is 4.18 Å². The van der Waals surface area contributed by atoms with Crippen LogP contribution in [0.1, 0.15) is 38.7 Å². The van der Waals surface area contributed by atoms with Gasteiger partial charge in [-0.05, 0) is 61.5 Å². The molecule has 1 aromatic carbocycles. The molecule has 3 atom stereocenters. The molecule has 4 rings (SSSR count). The first kappa shape index (κ1) is 15.0. The molecule has 0 aromatic heterocycles. The molecule has 0 radical (unpaired) electrons. The highest BCUT2D eigenvalue weighted by Crippen LogP contribution is 2.61. The van der Waals surface area contributed by atoms with Crippen molar-refractivity contribution < 1.29 is 12.6 Å². The van der Waals surface area contributed by atoms with Crippen LogP contribution < -0.4 is 0 Å². The van der Waals surface area contributed by atoms with Gasteiger partial charge in [-0.25, -0.2) is 0 Å². The summed E-state index contributed by atoms with van der Waals surface area (Å²) in [6.07, 6.45) is 3.55. The zero-order valence-corrected chi connectivity index (χ0v) is 13.8. The van der Waals surface area contributed by atoms with Crippen LogP contribution in [-0.2, 0) is 14.3 Å². The molecular formula is C17H24O3S. The molecule has 0 spiro atoms. The molecule has 3 fully saturated rings. The van der Waals surface area contributed by atoms with Gasteiger partial charge < -0.3 is 0 Å². The van der Waals surface area contributed by atoms with Crippen molar-refractivity contribution in [1.82, 2.24) is 0 Å². The summed E-state index contributed by atoms with van der Waals surface area (Å²) in [4.78, 5) is 0.259. The molecule has 0 heterocycles. The third kappa shape index (κ3) is 2.64. The Bertz CT molecular complexity index is 614. The Morgan fingerprint density at radius 1 is 1.19 bits per heavy atom. The van der Waals surface area contributed by atoms with Crippen molar-refractivity contribution in [2.45, 2.75) is 44.9 Å². The van der Waals surface area contributed by atoms with Gasteiger partial charge >= 0.3 is 0 Å². The van der Waals surface area contributed by atoms with Crippen molar-refractivity contribution in [2.24, 2.45) is 23.2 Å². The van der Waals surface area contributed by atoms with Crippen LogP contribution in [0.15, 0.2) is 29.2 Å². The van der Waals surface area contributed by atoms with Gasteiger partial charge in [-0.15, -0.1) is 0 Å². The first-order valence-corrected chi connectivity index (χ1v) is 9.17. The van der Waals surface area contributed by atoms with E-state index in [1.165, 1.54) is 12.8 Å². The maximum absolute atomic E-state index is 12.2. The first-order valence-electron chi connectivity index (χ1n) is 7.77. The minimum absolute atomic E-state index is 0.259. The van der Waals surface area contributed by atoms with Gasteiger partial charge in [-0.1, -0.05) is 31.5 Å². The third-order valence-corrected chi connectivity index (χ3v) is 7.04. The van der Waals surface area contributed by atoms with E-state index in [4.69, 9.17) is 4.18 Å². The molecule has 21 heavy (non-hydrogen) atoms. The van der Waals surface area contributed by atoms with Gasteiger partial charge in [-0.2, -0.15) is 8.42 Å². The lowest BCUT2D eigenvalue weighted by atomic mass is 9.46. The van der Waals surface area contributed by atoms with Crippen molar-refractivity contribution in [3.63, 3.8) is 0 Å². The maximum atomic E-state index is 12.2. The monoisotopic (exact) mass is 308 g/mol. The second-order valence-corrected chi connectivity index (χ2v) is 8.86. The van der Waals surface area contributed by atoms with Gasteiger partial charge in [0.15, 0.2) is 0 Å². The van der Waals surface area contributed by atoms with Crippen LogP contribution in [0.25, 0.3) is 0 Å². The number of aryl methyl sites for hydroxylation is 1. The third-order valence-electron chi connectivity index (χ3n) is 5.75. The van der Waals surface area contributed by atoms with Gasteiger partial charge in [0.2, 0.25) is 0 Å². The van der Waals surface area contributed by atoms with E-state index in [2.05, 4.69) is 13.8 Å². The van der Waals surface area contributed by atoms with E-state index in [-0.39, 0.29) is 4.90 Å². The molecule has 4 heteroatoms. The summed E-state index contributed by atoms with van der Waals surface area (Å²) in [7, 11) is -3.62. The molecule has 0 aliphatic heterocycles. The van der Waals surface area contributed by atoms with E-state index >= 15 is 0 Å². The van der Waals surface area contributed by atoms with Crippen molar-refractivity contribution in [1.29, 1.82) is 0 Å². The lowest BCUT2D eigenvalue weighted by molar-refractivity contribution is -0.113. The SMILES string of the molecule is Cc1ccc(S(=O)(=O)OC[C@H]2CC[C@H]3C[C@H]2C3(C)C)cc1. The fourth-order valence-corrected chi connectivity index (χ4v) is 5.07. The predicted octanol–water partition coefficient (Wildman–Crippen LogP) is 3.77. The summed E-state index contributed by atoms with van der Waals surface area (Å²) in [5.74, 6) is 1.82.